The number of nitrogen functional groups attached to an aromatic ring is 1. The van der Waals surface area contributed by atoms with E-state index in [0.29, 0.717) is 11.3 Å². The van der Waals surface area contributed by atoms with Crippen molar-refractivity contribution in [3.05, 3.63) is 63.3 Å². The van der Waals surface area contributed by atoms with Gasteiger partial charge in [-0.2, -0.15) is 16.4 Å². The molecule has 1 aliphatic carbocycles. The molecule has 0 aromatic carbocycles. The fourth-order valence-electron chi connectivity index (χ4n) is 3.97. The summed E-state index contributed by atoms with van der Waals surface area (Å²) in [5, 5.41) is 5.58. The van der Waals surface area contributed by atoms with Crippen molar-refractivity contribution in [3.8, 4) is 0 Å². The quantitative estimate of drug-likeness (QED) is 0.264. The molecule has 5 heterocycles. The van der Waals surface area contributed by atoms with Crippen molar-refractivity contribution in [3.63, 3.8) is 0 Å². The lowest BCUT2D eigenvalue weighted by atomic mass is 10.0. The highest BCUT2D eigenvalue weighted by atomic mass is 32.2. The van der Waals surface area contributed by atoms with E-state index in [-0.39, 0.29) is 5.25 Å². The first-order valence-corrected chi connectivity index (χ1v) is 13.2. The van der Waals surface area contributed by atoms with Crippen molar-refractivity contribution >= 4 is 61.2 Å². The van der Waals surface area contributed by atoms with E-state index in [1.807, 2.05) is 30.1 Å². The van der Waals surface area contributed by atoms with E-state index in [9.17, 15) is 4.55 Å². The molecule has 6 rings (SSSR count). The number of thiol groups is 1. The van der Waals surface area contributed by atoms with Crippen LogP contribution in [0.4, 0.5) is 5.69 Å². The largest absolute Gasteiger partial charge is 0.611 e. The molecule has 1 fully saturated rings. The molecule has 162 valence electrons. The summed E-state index contributed by atoms with van der Waals surface area (Å²) in [5.74, 6) is 0. The van der Waals surface area contributed by atoms with Gasteiger partial charge < -0.3 is 10.3 Å². The summed E-state index contributed by atoms with van der Waals surface area (Å²) >= 11 is 1.54. The second kappa shape index (κ2) is 7.80. The molecule has 10 heteroatoms. The predicted octanol–water partition coefficient (Wildman–Crippen LogP) is 3.03. The highest BCUT2D eigenvalue weighted by molar-refractivity contribution is 8.02. The van der Waals surface area contributed by atoms with Crippen molar-refractivity contribution in [1.82, 2.24) is 24.7 Å². The van der Waals surface area contributed by atoms with Gasteiger partial charge in [-0.1, -0.05) is 11.3 Å². The maximum Gasteiger partial charge on any atom is 0.231 e. The number of nitrogens with zero attached hydrogens (tertiary/aromatic N) is 5. The van der Waals surface area contributed by atoms with Gasteiger partial charge in [0.05, 0.1) is 9.52 Å². The number of pyridine rings is 1. The van der Waals surface area contributed by atoms with Crippen molar-refractivity contribution in [2.45, 2.75) is 28.7 Å². The highest BCUT2D eigenvalue weighted by Crippen LogP contribution is 2.39. The molecule has 2 aliphatic rings. The van der Waals surface area contributed by atoms with E-state index in [0.717, 1.165) is 71.1 Å². The molecule has 4 aromatic heterocycles. The third-order valence-electron chi connectivity index (χ3n) is 5.92. The summed E-state index contributed by atoms with van der Waals surface area (Å²) in [7, 11) is 1.92. The fraction of sp³-hybridized carbons (Fsp3) is 0.227. The summed E-state index contributed by atoms with van der Waals surface area (Å²) in [6.07, 6.45) is 12.3. The number of fused-ring (bicyclic) bond motifs is 2. The van der Waals surface area contributed by atoms with Crippen molar-refractivity contribution in [1.29, 1.82) is 0 Å². The Labute approximate surface area is 194 Å². The van der Waals surface area contributed by atoms with Gasteiger partial charge in [-0.25, -0.2) is 9.97 Å². The van der Waals surface area contributed by atoms with E-state index in [2.05, 4.69) is 26.1 Å². The summed E-state index contributed by atoms with van der Waals surface area (Å²) < 4.78 is 17.0. The molecule has 0 amide bonds. The SMILES string of the molecule is Cn1nccc1C1=c2c(N)c([S+]([O-])C3CCC3)sc2=[SH]C(c2cnc3nccnc3c2)=C1. The number of rotatable bonds is 4. The van der Waals surface area contributed by atoms with Gasteiger partial charge >= 0.3 is 0 Å². The van der Waals surface area contributed by atoms with Gasteiger partial charge in [-0.15, -0.1) is 0 Å². The molecule has 0 saturated heterocycles. The molecule has 0 bridgehead atoms. The van der Waals surface area contributed by atoms with Gasteiger partial charge in [0, 0.05) is 64.3 Å². The molecule has 2 N–H and O–H groups in total. The lowest BCUT2D eigenvalue weighted by Gasteiger charge is -2.27. The second-order valence-electron chi connectivity index (χ2n) is 7.85. The zero-order valence-electron chi connectivity index (χ0n) is 17.2. The third-order valence-corrected chi connectivity index (χ3v) is 10.7. The zero-order valence-corrected chi connectivity index (χ0v) is 19.8. The van der Waals surface area contributed by atoms with Crippen LogP contribution in [0.3, 0.4) is 0 Å². The minimum atomic E-state index is -1.06. The number of aromatic nitrogens is 5. The monoisotopic (exact) mass is 480 g/mol. The topological polar surface area (TPSA) is 106 Å². The maximum atomic E-state index is 13.2. The number of thiophene rings is 1. The van der Waals surface area contributed by atoms with Gasteiger partial charge in [0.25, 0.3) is 0 Å². The van der Waals surface area contributed by atoms with Crippen LogP contribution >= 0.6 is 22.7 Å². The number of nitrogens with two attached hydrogens (primary N) is 1. The minimum Gasteiger partial charge on any atom is -0.611 e. The van der Waals surface area contributed by atoms with Crippen LogP contribution in [0.2, 0.25) is 0 Å². The number of allylic oxidation sites excluding steroid dienone is 1. The average molecular weight is 481 g/mol. The van der Waals surface area contributed by atoms with E-state index in [1.165, 1.54) is 0 Å². The van der Waals surface area contributed by atoms with Crippen LogP contribution in [0.1, 0.15) is 30.5 Å². The average Bonchev–Trinajstić information content (AvgIpc) is 3.34. The third kappa shape index (κ3) is 3.21. The van der Waals surface area contributed by atoms with Crippen molar-refractivity contribution < 1.29 is 4.55 Å². The van der Waals surface area contributed by atoms with Gasteiger partial charge in [0.2, 0.25) is 4.21 Å². The first-order chi connectivity index (χ1) is 15.6. The minimum absolute atomic E-state index is 0.227. The molecule has 1 atom stereocenters. The number of hydrogen-bond acceptors (Lipinski definition) is 7. The Kier molecular flexibility index (Phi) is 4.90. The Morgan fingerprint density at radius 1 is 1.22 bits per heavy atom. The molecular weight excluding hydrogens is 460 g/mol. The molecule has 32 heavy (non-hydrogen) atoms. The van der Waals surface area contributed by atoms with E-state index < -0.39 is 11.2 Å². The molecule has 1 saturated carbocycles. The normalized spacial score (nSPS) is 17.2. The molecule has 0 spiro atoms. The molecular formula is C22H20N6OS3. The Balaban J connectivity index is 1.58. The molecule has 1 aliphatic heterocycles. The van der Waals surface area contributed by atoms with Crippen LogP contribution < -0.4 is 11.0 Å². The second-order valence-corrected chi connectivity index (χ2v) is 12.3. The Hall–Kier alpha value is -2.53. The first-order valence-electron chi connectivity index (χ1n) is 10.3. The fourth-order valence-corrected chi connectivity index (χ4v) is 9.01. The van der Waals surface area contributed by atoms with Crippen LogP contribution in [0.25, 0.3) is 21.6 Å². The highest BCUT2D eigenvalue weighted by Gasteiger charge is 2.34. The van der Waals surface area contributed by atoms with Crippen LogP contribution in [0.5, 0.6) is 0 Å². The Morgan fingerprint density at radius 3 is 2.81 bits per heavy atom. The number of hydrogen-bond donors (Lipinski definition) is 2. The van der Waals surface area contributed by atoms with Gasteiger partial charge in [-0.3, -0.25) is 9.67 Å². The molecule has 0 radical (unpaired) electrons. The molecule has 4 aromatic rings. The lowest BCUT2D eigenvalue weighted by molar-refractivity contribution is 0.477. The predicted molar refractivity (Wildman–Crippen MR) is 131 cm³/mol. The molecule has 7 nitrogen and oxygen atoms in total. The van der Waals surface area contributed by atoms with Crippen LogP contribution in [0.15, 0.2) is 47.2 Å². The summed E-state index contributed by atoms with van der Waals surface area (Å²) in [4.78, 5) is 14.3. The van der Waals surface area contributed by atoms with E-state index in [1.54, 1.807) is 29.9 Å². The smallest absolute Gasteiger partial charge is 0.231 e. The summed E-state index contributed by atoms with van der Waals surface area (Å²) in [6, 6.07) is 4.00. The van der Waals surface area contributed by atoms with Crippen LogP contribution in [0, 0.1) is 3.82 Å². The maximum absolute atomic E-state index is 13.2. The molecule has 1 unspecified atom stereocenters. The van der Waals surface area contributed by atoms with Crippen molar-refractivity contribution in [2.75, 3.05) is 5.73 Å². The Morgan fingerprint density at radius 2 is 2.06 bits per heavy atom. The summed E-state index contributed by atoms with van der Waals surface area (Å²) in [6.45, 7) is 0. The standard InChI is InChI=1S/C22H20N6OS3/c1-28-16(5-6-27-28)14-10-17(12-9-15-20(26-11-12)25-8-7-24-15)30-21-18(14)19(23)22(31-21)32(29)13-3-2-4-13/h5-11,13,30H,2-4,23H2,1H3. The number of anilines is 1. The first kappa shape index (κ1) is 20.1. The van der Waals surface area contributed by atoms with E-state index in [4.69, 9.17) is 5.73 Å². The van der Waals surface area contributed by atoms with Crippen molar-refractivity contribution in [2.24, 2.45) is 7.05 Å². The number of aryl methyl sites for hydroxylation is 1. The van der Waals surface area contributed by atoms with Crippen LogP contribution in [-0.2, 0) is 18.2 Å². The van der Waals surface area contributed by atoms with Gasteiger partial charge in [0.1, 0.15) is 16.5 Å². The van der Waals surface area contributed by atoms with Gasteiger partial charge in [0.15, 0.2) is 5.65 Å². The lowest BCUT2D eigenvalue weighted by Crippen LogP contribution is -2.28. The Bertz CT molecular complexity index is 1520. The van der Waals surface area contributed by atoms with Crippen LogP contribution in [-0.4, -0.2) is 34.5 Å². The van der Waals surface area contributed by atoms with E-state index >= 15 is 0 Å². The van der Waals surface area contributed by atoms with Gasteiger partial charge in [-0.05, 0) is 37.5 Å². The zero-order chi connectivity index (χ0) is 21.8. The summed E-state index contributed by atoms with van der Waals surface area (Å²) in [5.41, 5.74) is 11.6.